The summed E-state index contributed by atoms with van der Waals surface area (Å²) in [5.74, 6) is 0.982. The lowest BCUT2D eigenvalue weighted by molar-refractivity contribution is -0.0203. The minimum atomic E-state index is -0.617. The van der Waals surface area contributed by atoms with Crippen LogP contribution in [0.1, 0.15) is 33.1 Å². The molecule has 0 atom stereocenters. The van der Waals surface area contributed by atoms with Gasteiger partial charge in [-0.3, -0.25) is 0 Å². The van der Waals surface area contributed by atoms with E-state index in [0.29, 0.717) is 18.4 Å². The van der Waals surface area contributed by atoms with Crippen molar-refractivity contribution < 1.29 is 5.11 Å². The lowest BCUT2D eigenvalue weighted by Gasteiger charge is -2.36. The fourth-order valence-corrected chi connectivity index (χ4v) is 2.23. The number of anilines is 2. The molecule has 1 saturated carbocycles. The third-order valence-corrected chi connectivity index (χ3v) is 3.67. The first-order valence-electron chi connectivity index (χ1n) is 6.69. The van der Waals surface area contributed by atoms with E-state index in [9.17, 15) is 5.11 Å². The van der Waals surface area contributed by atoms with E-state index in [0.717, 1.165) is 32.4 Å². The maximum atomic E-state index is 10.0. The molecular weight excluding hydrogens is 266 g/mol. The molecule has 1 aromatic rings. The molecule has 2 N–H and O–H groups in total. The highest BCUT2D eigenvalue weighted by molar-refractivity contribution is 6.28. The number of aromatic nitrogens is 3. The van der Waals surface area contributed by atoms with Gasteiger partial charge in [0, 0.05) is 19.6 Å². The number of aliphatic hydroxyl groups is 1. The molecule has 0 amide bonds. The highest BCUT2D eigenvalue weighted by Gasteiger charge is 2.34. The van der Waals surface area contributed by atoms with Crippen molar-refractivity contribution in [2.45, 2.75) is 38.7 Å². The SMILES string of the molecule is CCN(CC)c1nc(Cl)nc(NCC2(O)CCC2)n1. The van der Waals surface area contributed by atoms with Crippen molar-refractivity contribution in [2.24, 2.45) is 0 Å². The van der Waals surface area contributed by atoms with Gasteiger partial charge in [-0.25, -0.2) is 0 Å². The van der Waals surface area contributed by atoms with Crippen molar-refractivity contribution in [3.05, 3.63) is 5.28 Å². The molecule has 1 aliphatic carbocycles. The van der Waals surface area contributed by atoms with Crippen molar-refractivity contribution in [3.8, 4) is 0 Å². The van der Waals surface area contributed by atoms with Gasteiger partial charge < -0.3 is 15.3 Å². The average Bonchev–Trinajstić information content (AvgIpc) is 2.35. The zero-order valence-electron chi connectivity index (χ0n) is 11.4. The van der Waals surface area contributed by atoms with Crippen molar-refractivity contribution in [3.63, 3.8) is 0 Å². The molecule has 0 unspecified atom stereocenters. The van der Waals surface area contributed by atoms with Crippen LogP contribution in [0.2, 0.25) is 5.28 Å². The molecule has 6 nitrogen and oxygen atoms in total. The largest absolute Gasteiger partial charge is 0.388 e. The first kappa shape index (κ1) is 14.3. The van der Waals surface area contributed by atoms with Crippen LogP contribution in [0.4, 0.5) is 11.9 Å². The Balaban J connectivity index is 2.07. The van der Waals surface area contributed by atoms with Crippen LogP contribution in [0.3, 0.4) is 0 Å². The molecular formula is C12H20ClN5O. The van der Waals surface area contributed by atoms with Gasteiger partial charge in [0.2, 0.25) is 17.2 Å². The van der Waals surface area contributed by atoms with Crippen LogP contribution in [-0.2, 0) is 0 Å². The normalized spacial score (nSPS) is 16.8. The molecule has 106 valence electrons. The maximum Gasteiger partial charge on any atom is 0.231 e. The van der Waals surface area contributed by atoms with Gasteiger partial charge in [-0.15, -0.1) is 0 Å². The monoisotopic (exact) mass is 285 g/mol. The summed E-state index contributed by atoms with van der Waals surface area (Å²) >= 11 is 5.91. The van der Waals surface area contributed by atoms with Crippen LogP contribution in [-0.4, -0.2) is 45.3 Å². The summed E-state index contributed by atoms with van der Waals surface area (Å²) in [4.78, 5) is 14.5. The first-order valence-corrected chi connectivity index (χ1v) is 7.07. The van der Waals surface area contributed by atoms with E-state index in [1.54, 1.807) is 0 Å². The van der Waals surface area contributed by atoms with Gasteiger partial charge in [0.15, 0.2) is 0 Å². The van der Waals surface area contributed by atoms with Gasteiger partial charge in [-0.05, 0) is 44.7 Å². The van der Waals surface area contributed by atoms with E-state index in [1.165, 1.54) is 0 Å². The van der Waals surface area contributed by atoms with Crippen LogP contribution in [0, 0.1) is 0 Å². The van der Waals surface area contributed by atoms with Crippen molar-refractivity contribution in [2.75, 3.05) is 29.9 Å². The highest BCUT2D eigenvalue weighted by Crippen LogP contribution is 2.31. The Labute approximate surface area is 118 Å². The third kappa shape index (κ3) is 3.45. The number of rotatable bonds is 6. The van der Waals surface area contributed by atoms with Crippen LogP contribution in [0.5, 0.6) is 0 Å². The Kier molecular flexibility index (Phi) is 4.42. The van der Waals surface area contributed by atoms with Gasteiger partial charge in [-0.1, -0.05) is 0 Å². The number of nitrogens with one attached hydrogen (secondary N) is 1. The molecule has 7 heteroatoms. The van der Waals surface area contributed by atoms with Gasteiger partial charge >= 0.3 is 0 Å². The summed E-state index contributed by atoms with van der Waals surface area (Å²) in [6, 6.07) is 0. The summed E-state index contributed by atoms with van der Waals surface area (Å²) in [7, 11) is 0. The Hall–Kier alpha value is -1.14. The smallest absolute Gasteiger partial charge is 0.231 e. The van der Waals surface area contributed by atoms with Gasteiger partial charge in [0.05, 0.1) is 5.60 Å². The Morgan fingerprint density at radius 2 is 1.95 bits per heavy atom. The van der Waals surface area contributed by atoms with E-state index in [1.807, 2.05) is 18.7 Å². The number of hydrogen-bond donors (Lipinski definition) is 2. The van der Waals surface area contributed by atoms with E-state index < -0.39 is 5.60 Å². The zero-order valence-corrected chi connectivity index (χ0v) is 12.1. The molecule has 1 fully saturated rings. The molecule has 0 spiro atoms. The van der Waals surface area contributed by atoms with E-state index in [4.69, 9.17) is 11.6 Å². The standard InChI is InChI=1S/C12H20ClN5O/c1-3-18(4-2)11-16-9(13)15-10(17-11)14-8-12(19)6-5-7-12/h19H,3-8H2,1-2H3,(H,14,15,16,17). The lowest BCUT2D eigenvalue weighted by atomic mass is 9.80. The summed E-state index contributed by atoms with van der Waals surface area (Å²) in [5.41, 5.74) is -0.617. The highest BCUT2D eigenvalue weighted by atomic mass is 35.5. The number of halogens is 1. The Bertz CT molecular complexity index is 434. The summed E-state index contributed by atoms with van der Waals surface area (Å²) in [6.45, 7) is 6.13. The van der Waals surface area contributed by atoms with Crippen LogP contribution >= 0.6 is 11.6 Å². The molecule has 0 aromatic carbocycles. The van der Waals surface area contributed by atoms with Gasteiger partial charge in [0.25, 0.3) is 0 Å². The zero-order chi connectivity index (χ0) is 13.9. The van der Waals surface area contributed by atoms with Crippen molar-refractivity contribution in [1.29, 1.82) is 0 Å². The van der Waals surface area contributed by atoms with Crippen LogP contribution < -0.4 is 10.2 Å². The van der Waals surface area contributed by atoms with E-state index in [2.05, 4.69) is 20.3 Å². The van der Waals surface area contributed by atoms with Crippen molar-refractivity contribution >= 4 is 23.5 Å². The predicted molar refractivity (Wildman–Crippen MR) is 75.7 cm³/mol. The molecule has 0 saturated heterocycles. The predicted octanol–water partition coefficient (Wildman–Crippen LogP) is 1.70. The quantitative estimate of drug-likeness (QED) is 0.829. The number of hydrogen-bond acceptors (Lipinski definition) is 6. The second-order valence-corrected chi connectivity index (χ2v) is 5.17. The minimum Gasteiger partial charge on any atom is -0.388 e. The number of nitrogens with zero attached hydrogens (tertiary/aromatic N) is 4. The molecule has 1 aromatic heterocycles. The van der Waals surface area contributed by atoms with Crippen molar-refractivity contribution in [1.82, 2.24) is 15.0 Å². The first-order chi connectivity index (χ1) is 9.06. The molecule has 0 bridgehead atoms. The summed E-state index contributed by atoms with van der Waals surface area (Å²) in [6.07, 6.45) is 2.71. The molecule has 2 rings (SSSR count). The summed E-state index contributed by atoms with van der Waals surface area (Å²) < 4.78 is 0. The third-order valence-electron chi connectivity index (χ3n) is 3.50. The minimum absolute atomic E-state index is 0.167. The molecule has 1 heterocycles. The summed E-state index contributed by atoms with van der Waals surface area (Å²) in [5, 5.41) is 13.2. The molecule has 0 radical (unpaired) electrons. The molecule has 0 aliphatic heterocycles. The fourth-order valence-electron chi connectivity index (χ4n) is 2.07. The Morgan fingerprint density at radius 1 is 1.26 bits per heavy atom. The topological polar surface area (TPSA) is 74.2 Å². The van der Waals surface area contributed by atoms with Gasteiger partial charge in [-0.2, -0.15) is 15.0 Å². The van der Waals surface area contributed by atoms with Crippen LogP contribution in [0.25, 0.3) is 0 Å². The maximum absolute atomic E-state index is 10.0. The molecule has 19 heavy (non-hydrogen) atoms. The van der Waals surface area contributed by atoms with Gasteiger partial charge in [0.1, 0.15) is 0 Å². The fraction of sp³-hybridized carbons (Fsp3) is 0.750. The second kappa shape index (κ2) is 5.88. The lowest BCUT2D eigenvalue weighted by Crippen LogP contribution is -2.43. The van der Waals surface area contributed by atoms with E-state index >= 15 is 0 Å². The Morgan fingerprint density at radius 3 is 2.47 bits per heavy atom. The average molecular weight is 286 g/mol. The molecule has 1 aliphatic rings. The second-order valence-electron chi connectivity index (χ2n) is 4.83. The van der Waals surface area contributed by atoms with E-state index in [-0.39, 0.29) is 5.28 Å². The van der Waals surface area contributed by atoms with Crippen LogP contribution in [0.15, 0.2) is 0 Å².